The maximum Gasteiger partial charge on any atom is 0.162 e. The highest BCUT2D eigenvalue weighted by atomic mass is 79.9. The SMILES string of the molecule is Cc1cscc1-c1nc(Cl)c(Br)c(C2CC2)n1. The van der Waals surface area contributed by atoms with Gasteiger partial charge in [-0.3, -0.25) is 0 Å². The molecule has 3 rings (SSSR count). The zero-order valence-corrected chi connectivity index (χ0v) is 12.4. The molecule has 88 valence electrons. The van der Waals surface area contributed by atoms with Gasteiger partial charge in [0.2, 0.25) is 0 Å². The zero-order chi connectivity index (χ0) is 12.0. The van der Waals surface area contributed by atoms with Crippen LogP contribution < -0.4 is 0 Å². The van der Waals surface area contributed by atoms with Crippen molar-refractivity contribution in [2.75, 3.05) is 0 Å². The monoisotopic (exact) mass is 328 g/mol. The molecule has 0 amide bonds. The molecule has 1 saturated carbocycles. The number of aryl methyl sites for hydroxylation is 1. The van der Waals surface area contributed by atoms with E-state index in [0.717, 1.165) is 21.6 Å². The summed E-state index contributed by atoms with van der Waals surface area (Å²) in [6, 6.07) is 0. The zero-order valence-electron chi connectivity index (χ0n) is 9.20. The fourth-order valence-corrected chi connectivity index (χ4v) is 3.28. The number of hydrogen-bond donors (Lipinski definition) is 0. The van der Waals surface area contributed by atoms with Gasteiger partial charge in [-0.2, -0.15) is 11.3 Å². The molecule has 1 aliphatic rings. The van der Waals surface area contributed by atoms with Gasteiger partial charge >= 0.3 is 0 Å². The summed E-state index contributed by atoms with van der Waals surface area (Å²) in [5, 5.41) is 4.69. The maximum absolute atomic E-state index is 6.17. The summed E-state index contributed by atoms with van der Waals surface area (Å²) >= 11 is 11.3. The fourth-order valence-electron chi connectivity index (χ4n) is 1.77. The van der Waals surface area contributed by atoms with Crippen LogP contribution in [0.1, 0.15) is 30.0 Å². The van der Waals surface area contributed by atoms with Crippen LogP contribution in [0.4, 0.5) is 0 Å². The highest BCUT2D eigenvalue weighted by molar-refractivity contribution is 9.10. The average Bonchev–Trinajstić information content (AvgIpc) is 3.05. The third kappa shape index (κ3) is 2.14. The Balaban J connectivity index is 2.15. The third-order valence-electron chi connectivity index (χ3n) is 2.90. The van der Waals surface area contributed by atoms with Crippen molar-refractivity contribution in [1.29, 1.82) is 0 Å². The van der Waals surface area contributed by atoms with Crippen molar-refractivity contribution in [3.8, 4) is 11.4 Å². The smallest absolute Gasteiger partial charge is 0.162 e. The van der Waals surface area contributed by atoms with Crippen molar-refractivity contribution >= 4 is 38.9 Å². The van der Waals surface area contributed by atoms with Crippen LogP contribution in [-0.4, -0.2) is 9.97 Å². The van der Waals surface area contributed by atoms with Crippen LogP contribution in [0.25, 0.3) is 11.4 Å². The van der Waals surface area contributed by atoms with E-state index < -0.39 is 0 Å². The standard InChI is InChI=1S/C12H10BrClN2S/c1-6-4-17-5-8(6)12-15-10(7-2-3-7)9(13)11(14)16-12/h4-5,7H,2-3H2,1H3. The van der Waals surface area contributed by atoms with Gasteiger partial charge in [0.05, 0.1) is 10.2 Å². The Morgan fingerprint density at radius 1 is 1.35 bits per heavy atom. The molecule has 1 aliphatic carbocycles. The van der Waals surface area contributed by atoms with E-state index in [0.29, 0.717) is 11.1 Å². The number of halogens is 2. The molecule has 0 unspecified atom stereocenters. The summed E-state index contributed by atoms with van der Waals surface area (Å²) in [5.74, 6) is 1.31. The topological polar surface area (TPSA) is 25.8 Å². The Labute approximate surface area is 117 Å². The molecule has 2 aromatic heterocycles. The molecule has 5 heteroatoms. The Morgan fingerprint density at radius 2 is 2.12 bits per heavy atom. The second kappa shape index (κ2) is 4.34. The second-order valence-electron chi connectivity index (χ2n) is 4.28. The van der Waals surface area contributed by atoms with Gasteiger partial charge in [-0.1, -0.05) is 11.6 Å². The van der Waals surface area contributed by atoms with Crippen molar-refractivity contribution in [1.82, 2.24) is 9.97 Å². The van der Waals surface area contributed by atoms with E-state index in [2.05, 4.69) is 43.6 Å². The Morgan fingerprint density at radius 3 is 2.71 bits per heavy atom. The first kappa shape index (κ1) is 11.6. The van der Waals surface area contributed by atoms with Gasteiger partial charge in [0.15, 0.2) is 5.82 Å². The van der Waals surface area contributed by atoms with Crippen LogP contribution >= 0.6 is 38.9 Å². The lowest BCUT2D eigenvalue weighted by molar-refractivity contribution is 0.979. The molecule has 0 atom stereocenters. The summed E-state index contributed by atoms with van der Waals surface area (Å²) in [6.45, 7) is 2.07. The lowest BCUT2D eigenvalue weighted by atomic mass is 10.2. The number of aromatic nitrogens is 2. The third-order valence-corrected chi connectivity index (χ3v) is 5.04. The molecule has 0 saturated heterocycles. The van der Waals surface area contributed by atoms with E-state index in [-0.39, 0.29) is 0 Å². The summed E-state index contributed by atoms with van der Waals surface area (Å²) < 4.78 is 0.860. The fraction of sp³-hybridized carbons (Fsp3) is 0.333. The van der Waals surface area contributed by atoms with Gasteiger partial charge < -0.3 is 0 Å². The van der Waals surface area contributed by atoms with Crippen LogP contribution in [0.5, 0.6) is 0 Å². The minimum atomic E-state index is 0.516. The summed E-state index contributed by atoms with van der Waals surface area (Å²) in [4.78, 5) is 9.02. The number of rotatable bonds is 2. The van der Waals surface area contributed by atoms with Crippen molar-refractivity contribution in [2.45, 2.75) is 25.7 Å². The summed E-state index contributed by atoms with van der Waals surface area (Å²) in [6.07, 6.45) is 2.40. The van der Waals surface area contributed by atoms with Crippen LogP contribution in [0.2, 0.25) is 5.15 Å². The van der Waals surface area contributed by atoms with Crippen LogP contribution in [0.15, 0.2) is 15.2 Å². The second-order valence-corrected chi connectivity index (χ2v) is 6.17. The summed E-state index contributed by atoms with van der Waals surface area (Å²) in [7, 11) is 0. The van der Waals surface area contributed by atoms with Gasteiger partial charge in [-0.25, -0.2) is 9.97 Å². The van der Waals surface area contributed by atoms with Crippen LogP contribution in [0.3, 0.4) is 0 Å². The van der Waals surface area contributed by atoms with Crippen molar-refractivity contribution < 1.29 is 0 Å². The summed E-state index contributed by atoms with van der Waals surface area (Å²) in [5.41, 5.74) is 3.35. The predicted molar refractivity (Wildman–Crippen MR) is 74.8 cm³/mol. The first-order valence-corrected chi connectivity index (χ1v) is 7.54. The molecule has 0 aromatic carbocycles. The molecular weight excluding hydrogens is 320 g/mol. The number of nitrogens with zero attached hydrogens (tertiary/aromatic N) is 2. The molecule has 0 radical (unpaired) electrons. The molecule has 17 heavy (non-hydrogen) atoms. The van der Waals surface area contributed by atoms with Gasteiger partial charge in [0.25, 0.3) is 0 Å². The molecule has 2 nitrogen and oxygen atoms in total. The molecule has 0 aliphatic heterocycles. The molecule has 0 N–H and O–H groups in total. The van der Waals surface area contributed by atoms with Crippen molar-refractivity contribution in [3.63, 3.8) is 0 Å². The Kier molecular flexibility index (Phi) is 2.97. The Bertz CT molecular complexity index is 578. The van der Waals surface area contributed by atoms with Gasteiger partial charge in [-0.05, 0) is 46.6 Å². The van der Waals surface area contributed by atoms with E-state index in [9.17, 15) is 0 Å². The lowest BCUT2D eigenvalue weighted by Gasteiger charge is -2.07. The molecule has 1 fully saturated rings. The van der Waals surface area contributed by atoms with E-state index in [4.69, 9.17) is 11.6 Å². The largest absolute Gasteiger partial charge is 0.231 e. The van der Waals surface area contributed by atoms with Crippen LogP contribution in [-0.2, 0) is 0 Å². The maximum atomic E-state index is 6.17. The first-order chi connectivity index (χ1) is 8.16. The molecule has 0 spiro atoms. The van der Waals surface area contributed by atoms with Crippen molar-refractivity contribution in [3.05, 3.63) is 31.6 Å². The normalized spacial score (nSPS) is 15.2. The van der Waals surface area contributed by atoms with E-state index in [1.54, 1.807) is 11.3 Å². The van der Waals surface area contributed by atoms with Crippen LogP contribution in [0, 0.1) is 6.92 Å². The van der Waals surface area contributed by atoms with Gasteiger partial charge in [-0.15, -0.1) is 0 Å². The van der Waals surface area contributed by atoms with E-state index in [1.165, 1.54) is 18.4 Å². The highest BCUT2D eigenvalue weighted by Crippen LogP contribution is 2.44. The first-order valence-electron chi connectivity index (χ1n) is 5.43. The molecule has 2 heterocycles. The van der Waals surface area contributed by atoms with Gasteiger partial charge in [0, 0.05) is 16.9 Å². The quantitative estimate of drug-likeness (QED) is 0.739. The molecule has 2 aromatic rings. The minimum absolute atomic E-state index is 0.516. The molecular formula is C12H10BrClN2S. The minimum Gasteiger partial charge on any atom is -0.231 e. The number of hydrogen-bond acceptors (Lipinski definition) is 3. The highest BCUT2D eigenvalue weighted by Gasteiger charge is 2.29. The van der Waals surface area contributed by atoms with Crippen molar-refractivity contribution in [2.24, 2.45) is 0 Å². The Hall–Kier alpha value is -0.450. The van der Waals surface area contributed by atoms with Gasteiger partial charge in [0.1, 0.15) is 5.15 Å². The average molecular weight is 330 g/mol. The molecule has 0 bridgehead atoms. The predicted octanol–water partition coefficient (Wildman–Crippen LogP) is 4.81. The van der Waals surface area contributed by atoms with E-state index in [1.807, 2.05) is 0 Å². The number of thiophene rings is 1. The lowest BCUT2D eigenvalue weighted by Crippen LogP contribution is -1.97. The van der Waals surface area contributed by atoms with E-state index >= 15 is 0 Å².